The second kappa shape index (κ2) is 7.94. The summed E-state index contributed by atoms with van der Waals surface area (Å²) < 4.78 is 0. The van der Waals surface area contributed by atoms with Crippen molar-refractivity contribution < 1.29 is 0 Å². The summed E-state index contributed by atoms with van der Waals surface area (Å²) in [4.78, 5) is 26.4. The predicted molar refractivity (Wildman–Crippen MR) is 105 cm³/mol. The molecule has 27 heavy (non-hydrogen) atoms. The van der Waals surface area contributed by atoms with Gasteiger partial charge < -0.3 is 15.1 Å². The molecule has 8 heteroatoms. The fourth-order valence-corrected chi connectivity index (χ4v) is 3.06. The van der Waals surface area contributed by atoms with Gasteiger partial charge in [-0.3, -0.25) is 4.98 Å². The Hall–Kier alpha value is -3.29. The van der Waals surface area contributed by atoms with Crippen molar-refractivity contribution in [3.05, 3.63) is 60.3 Å². The van der Waals surface area contributed by atoms with Crippen LogP contribution in [0.1, 0.15) is 11.3 Å². The third-order valence-electron chi connectivity index (χ3n) is 4.48. The number of hydrogen-bond donors (Lipinski definition) is 1. The minimum absolute atomic E-state index is 0.649. The monoisotopic (exact) mass is 362 g/mol. The van der Waals surface area contributed by atoms with Gasteiger partial charge in [0.1, 0.15) is 5.82 Å². The molecule has 1 saturated heterocycles. The van der Waals surface area contributed by atoms with Crippen molar-refractivity contribution in [1.29, 1.82) is 0 Å². The third-order valence-corrected chi connectivity index (χ3v) is 4.48. The van der Waals surface area contributed by atoms with Crippen LogP contribution in [0.25, 0.3) is 0 Å². The standard InChI is InChI=1S/C19H22N8/c1-15-13-17(25-18(24-15)23-14-16-3-7-20-8-4-16)26-9-11-27(12-10-26)19-21-5-2-6-22-19/h2-8,13H,9-12,14H2,1H3,(H,23,24,25). The van der Waals surface area contributed by atoms with E-state index in [4.69, 9.17) is 4.98 Å². The van der Waals surface area contributed by atoms with Gasteiger partial charge in [-0.15, -0.1) is 0 Å². The zero-order valence-electron chi connectivity index (χ0n) is 15.3. The first-order chi connectivity index (χ1) is 13.3. The fourth-order valence-electron chi connectivity index (χ4n) is 3.06. The van der Waals surface area contributed by atoms with Crippen molar-refractivity contribution in [2.45, 2.75) is 13.5 Å². The molecule has 1 fully saturated rings. The minimum atomic E-state index is 0.649. The van der Waals surface area contributed by atoms with Crippen LogP contribution >= 0.6 is 0 Å². The van der Waals surface area contributed by atoms with Gasteiger partial charge in [0.25, 0.3) is 0 Å². The van der Waals surface area contributed by atoms with Crippen molar-refractivity contribution in [2.75, 3.05) is 41.3 Å². The zero-order chi connectivity index (χ0) is 18.5. The maximum atomic E-state index is 4.71. The average molecular weight is 362 g/mol. The maximum absolute atomic E-state index is 4.71. The first-order valence-electron chi connectivity index (χ1n) is 9.03. The van der Waals surface area contributed by atoms with Gasteiger partial charge in [-0.05, 0) is 30.7 Å². The molecule has 3 aromatic rings. The summed E-state index contributed by atoms with van der Waals surface area (Å²) in [5, 5.41) is 3.31. The highest BCUT2D eigenvalue weighted by Crippen LogP contribution is 2.18. The number of pyridine rings is 1. The molecule has 4 rings (SSSR count). The van der Waals surface area contributed by atoms with Crippen LogP contribution in [-0.4, -0.2) is 51.1 Å². The van der Waals surface area contributed by atoms with E-state index in [1.54, 1.807) is 24.8 Å². The molecule has 0 spiro atoms. The lowest BCUT2D eigenvalue weighted by Gasteiger charge is -2.35. The Kier molecular flexibility index (Phi) is 5.04. The van der Waals surface area contributed by atoms with Crippen molar-refractivity contribution >= 4 is 17.7 Å². The number of rotatable bonds is 5. The molecule has 8 nitrogen and oxygen atoms in total. The van der Waals surface area contributed by atoms with Gasteiger partial charge in [-0.25, -0.2) is 15.0 Å². The fraction of sp³-hybridized carbons (Fsp3) is 0.316. The van der Waals surface area contributed by atoms with E-state index in [2.05, 4.69) is 35.1 Å². The molecule has 138 valence electrons. The van der Waals surface area contributed by atoms with Crippen LogP contribution < -0.4 is 15.1 Å². The molecule has 0 atom stereocenters. The quantitative estimate of drug-likeness (QED) is 0.737. The lowest BCUT2D eigenvalue weighted by Crippen LogP contribution is -2.47. The van der Waals surface area contributed by atoms with E-state index in [1.807, 2.05) is 31.2 Å². The molecule has 0 unspecified atom stereocenters. The molecule has 0 aliphatic carbocycles. The first-order valence-corrected chi connectivity index (χ1v) is 9.03. The first kappa shape index (κ1) is 17.1. The van der Waals surface area contributed by atoms with Crippen LogP contribution in [0.4, 0.5) is 17.7 Å². The molecule has 0 bridgehead atoms. The topological polar surface area (TPSA) is 83.0 Å². The Balaban J connectivity index is 1.41. The second-order valence-electron chi connectivity index (χ2n) is 6.42. The third kappa shape index (κ3) is 4.28. The summed E-state index contributed by atoms with van der Waals surface area (Å²) in [6, 6.07) is 7.83. The Morgan fingerprint density at radius 3 is 2.37 bits per heavy atom. The van der Waals surface area contributed by atoms with Gasteiger partial charge in [-0.1, -0.05) is 0 Å². The summed E-state index contributed by atoms with van der Waals surface area (Å²) in [7, 11) is 0. The van der Waals surface area contributed by atoms with Crippen molar-refractivity contribution in [3.63, 3.8) is 0 Å². The number of nitrogens with zero attached hydrogens (tertiary/aromatic N) is 7. The molecule has 0 amide bonds. The molecule has 1 N–H and O–H groups in total. The summed E-state index contributed by atoms with van der Waals surface area (Å²) in [6.07, 6.45) is 7.14. The Bertz CT molecular complexity index is 863. The number of anilines is 3. The number of aryl methyl sites for hydroxylation is 1. The molecule has 0 radical (unpaired) electrons. The lowest BCUT2D eigenvalue weighted by molar-refractivity contribution is 0.634. The van der Waals surface area contributed by atoms with Gasteiger partial charge in [0.15, 0.2) is 0 Å². The van der Waals surface area contributed by atoms with E-state index >= 15 is 0 Å². The smallest absolute Gasteiger partial charge is 0.225 e. The van der Waals surface area contributed by atoms with Crippen LogP contribution in [0, 0.1) is 6.92 Å². The van der Waals surface area contributed by atoms with Crippen LogP contribution in [0.2, 0.25) is 0 Å². The Morgan fingerprint density at radius 2 is 1.63 bits per heavy atom. The Morgan fingerprint density at radius 1 is 0.926 bits per heavy atom. The summed E-state index contributed by atoms with van der Waals surface area (Å²) in [5.74, 6) is 2.39. The molecule has 1 aliphatic heterocycles. The zero-order valence-corrected chi connectivity index (χ0v) is 15.3. The van der Waals surface area contributed by atoms with E-state index in [-0.39, 0.29) is 0 Å². The van der Waals surface area contributed by atoms with Gasteiger partial charge in [0, 0.05) is 69.3 Å². The molecule has 1 aliphatic rings. The normalized spacial score (nSPS) is 14.3. The van der Waals surface area contributed by atoms with Gasteiger partial charge in [0.2, 0.25) is 11.9 Å². The van der Waals surface area contributed by atoms with Crippen molar-refractivity contribution in [3.8, 4) is 0 Å². The van der Waals surface area contributed by atoms with E-state index < -0.39 is 0 Å². The highest BCUT2D eigenvalue weighted by Gasteiger charge is 2.20. The van der Waals surface area contributed by atoms with Crippen molar-refractivity contribution in [2.24, 2.45) is 0 Å². The summed E-state index contributed by atoms with van der Waals surface area (Å²) in [5.41, 5.74) is 2.10. The SMILES string of the molecule is Cc1cc(N2CCN(c3ncccn3)CC2)nc(NCc2ccncc2)n1. The van der Waals surface area contributed by atoms with Crippen LogP contribution in [-0.2, 0) is 6.54 Å². The van der Waals surface area contributed by atoms with Gasteiger partial charge in [-0.2, -0.15) is 4.98 Å². The van der Waals surface area contributed by atoms with Crippen molar-refractivity contribution in [1.82, 2.24) is 24.9 Å². The molecule has 0 saturated carbocycles. The molecule has 0 aromatic carbocycles. The second-order valence-corrected chi connectivity index (χ2v) is 6.42. The Labute approximate surface area is 158 Å². The van der Waals surface area contributed by atoms with E-state index in [0.717, 1.165) is 49.2 Å². The number of aromatic nitrogens is 5. The minimum Gasteiger partial charge on any atom is -0.353 e. The number of nitrogens with one attached hydrogen (secondary N) is 1. The maximum Gasteiger partial charge on any atom is 0.225 e. The lowest BCUT2D eigenvalue weighted by atomic mass is 10.3. The van der Waals surface area contributed by atoms with Gasteiger partial charge >= 0.3 is 0 Å². The van der Waals surface area contributed by atoms with E-state index in [1.165, 1.54) is 0 Å². The number of piperazine rings is 1. The predicted octanol–water partition coefficient (Wildman–Crippen LogP) is 1.91. The molecular formula is C19H22N8. The molecular weight excluding hydrogens is 340 g/mol. The summed E-state index contributed by atoms with van der Waals surface area (Å²) >= 11 is 0. The molecule has 4 heterocycles. The average Bonchev–Trinajstić information content (AvgIpc) is 2.73. The van der Waals surface area contributed by atoms with E-state index in [9.17, 15) is 0 Å². The van der Waals surface area contributed by atoms with Gasteiger partial charge in [0.05, 0.1) is 0 Å². The summed E-state index contributed by atoms with van der Waals surface area (Å²) in [6.45, 7) is 6.15. The highest BCUT2D eigenvalue weighted by molar-refractivity contribution is 5.47. The van der Waals surface area contributed by atoms with Crippen LogP contribution in [0.3, 0.4) is 0 Å². The number of hydrogen-bond acceptors (Lipinski definition) is 8. The van der Waals surface area contributed by atoms with E-state index in [0.29, 0.717) is 12.5 Å². The van der Waals surface area contributed by atoms with Crippen LogP contribution in [0.5, 0.6) is 0 Å². The largest absolute Gasteiger partial charge is 0.353 e. The molecule has 3 aromatic heterocycles. The van der Waals surface area contributed by atoms with Crippen LogP contribution in [0.15, 0.2) is 49.1 Å². The highest BCUT2D eigenvalue weighted by atomic mass is 15.3.